The summed E-state index contributed by atoms with van der Waals surface area (Å²) in [5.41, 5.74) is -0.689. The van der Waals surface area contributed by atoms with Gasteiger partial charge in [-0.05, 0) is 30.9 Å². The van der Waals surface area contributed by atoms with E-state index in [1.54, 1.807) is 12.3 Å². The molecule has 0 radical (unpaired) electrons. The van der Waals surface area contributed by atoms with Crippen molar-refractivity contribution in [2.45, 2.75) is 39.3 Å². The zero-order valence-electron chi connectivity index (χ0n) is 9.13. The minimum absolute atomic E-state index is 0.349. The predicted molar refractivity (Wildman–Crippen MR) is 56.8 cm³/mol. The smallest absolute Gasteiger partial charge is 0.152 e. The molecule has 0 N–H and O–H groups in total. The molecule has 1 aromatic rings. The van der Waals surface area contributed by atoms with Gasteiger partial charge >= 0.3 is 0 Å². The van der Waals surface area contributed by atoms with Crippen LogP contribution in [0.4, 0.5) is 4.39 Å². The Kier molecular flexibility index (Phi) is 3.62. The predicted octanol–water partition coefficient (Wildman–Crippen LogP) is 3.70. The van der Waals surface area contributed by atoms with Crippen LogP contribution < -0.4 is 0 Å². The van der Waals surface area contributed by atoms with Crippen LogP contribution in [0.15, 0.2) is 24.4 Å². The van der Waals surface area contributed by atoms with Gasteiger partial charge in [-0.1, -0.05) is 26.8 Å². The molecule has 1 nitrogen and oxygen atoms in total. The van der Waals surface area contributed by atoms with Crippen LogP contribution in [0.2, 0.25) is 0 Å². The highest BCUT2D eigenvalue weighted by Crippen LogP contribution is 2.34. The summed E-state index contributed by atoms with van der Waals surface area (Å²) in [6.07, 6.45) is 2.68. The molecule has 0 aliphatic carbocycles. The molecule has 1 unspecified atom stereocenters. The molecule has 0 saturated heterocycles. The molecule has 0 fully saturated rings. The van der Waals surface area contributed by atoms with E-state index in [1.165, 1.54) is 0 Å². The first-order chi connectivity index (χ1) is 6.58. The fraction of sp³-hybridized carbons (Fsp3) is 0.583. The zero-order valence-corrected chi connectivity index (χ0v) is 9.13. The van der Waals surface area contributed by atoms with Gasteiger partial charge in [0.05, 0.1) is 5.69 Å². The van der Waals surface area contributed by atoms with E-state index in [-0.39, 0.29) is 0 Å². The second-order valence-corrected chi connectivity index (χ2v) is 4.13. The van der Waals surface area contributed by atoms with Crippen molar-refractivity contribution in [3.8, 4) is 0 Å². The number of pyridine rings is 1. The molecule has 14 heavy (non-hydrogen) atoms. The minimum atomic E-state index is -1.25. The maximum Gasteiger partial charge on any atom is 0.152 e. The van der Waals surface area contributed by atoms with Gasteiger partial charge in [0.15, 0.2) is 5.67 Å². The van der Waals surface area contributed by atoms with E-state index in [9.17, 15) is 4.39 Å². The first kappa shape index (κ1) is 11.2. The van der Waals surface area contributed by atoms with Crippen LogP contribution in [0, 0.1) is 5.92 Å². The molecule has 1 rings (SSSR count). The summed E-state index contributed by atoms with van der Waals surface area (Å²) in [6, 6.07) is 5.42. The molecule has 0 amide bonds. The van der Waals surface area contributed by atoms with Crippen molar-refractivity contribution >= 4 is 0 Å². The Hall–Kier alpha value is -0.920. The highest BCUT2D eigenvalue weighted by molar-refractivity contribution is 5.12. The Balaban J connectivity index is 2.90. The number of hydrogen-bond donors (Lipinski definition) is 0. The van der Waals surface area contributed by atoms with Crippen LogP contribution in [0.1, 0.15) is 39.3 Å². The van der Waals surface area contributed by atoms with E-state index >= 15 is 0 Å². The molecule has 0 aliphatic heterocycles. The minimum Gasteiger partial charge on any atom is -0.258 e. The molecule has 1 aromatic heterocycles. The lowest BCUT2D eigenvalue weighted by Gasteiger charge is -2.25. The van der Waals surface area contributed by atoms with Gasteiger partial charge in [0.25, 0.3) is 0 Å². The van der Waals surface area contributed by atoms with Crippen molar-refractivity contribution in [3.05, 3.63) is 30.1 Å². The van der Waals surface area contributed by atoms with Crippen LogP contribution in [-0.2, 0) is 5.67 Å². The number of alkyl halides is 1. The summed E-state index contributed by atoms with van der Waals surface area (Å²) in [5, 5.41) is 0. The quantitative estimate of drug-likeness (QED) is 0.713. The summed E-state index contributed by atoms with van der Waals surface area (Å²) in [4.78, 5) is 4.10. The second-order valence-electron chi connectivity index (χ2n) is 4.13. The maximum atomic E-state index is 14.4. The monoisotopic (exact) mass is 195 g/mol. The average molecular weight is 195 g/mol. The van der Waals surface area contributed by atoms with E-state index < -0.39 is 5.67 Å². The summed E-state index contributed by atoms with van der Waals surface area (Å²) < 4.78 is 14.4. The van der Waals surface area contributed by atoms with Crippen molar-refractivity contribution in [1.82, 2.24) is 4.98 Å². The lowest BCUT2D eigenvalue weighted by molar-refractivity contribution is 0.118. The largest absolute Gasteiger partial charge is 0.258 e. The Bertz CT molecular complexity index is 271. The van der Waals surface area contributed by atoms with E-state index in [4.69, 9.17) is 0 Å². The third-order valence-electron chi connectivity index (χ3n) is 2.42. The van der Waals surface area contributed by atoms with Crippen LogP contribution in [0.25, 0.3) is 0 Å². The Morgan fingerprint density at radius 3 is 2.57 bits per heavy atom. The van der Waals surface area contributed by atoms with E-state index in [1.807, 2.05) is 32.9 Å². The first-order valence-electron chi connectivity index (χ1n) is 5.19. The highest BCUT2D eigenvalue weighted by Gasteiger charge is 2.31. The number of halogens is 1. The second kappa shape index (κ2) is 4.54. The maximum absolute atomic E-state index is 14.4. The first-order valence-corrected chi connectivity index (χ1v) is 5.19. The molecule has 2 heteroatoms. The molecule has 1 atom stereocenters. The van der Waals surface area contributed by atoms with Gasteiger partial charge < -0.3 is 0 Å². The van der Waals surface area contributed by atoms with Gasteiger partial charge in [-0.25, -0.2) is 4.39 Å². The van der Waals surface area contributed by atoms with Gasteiger partial charge in [-0.15, -0.1) is 0 Å². The molecular weight excluding hydrogens is 177 g/mol. The molecule has 0 spiro atoms. The molecule has 0 aromatic carbocycles. The lowest BCUT2D eigenvalue weighted by atomic mass is 9.88. The lowest BCUT2D eigenvalue weighted by Crippen LogP contribution is -2.22. The summed E-state index contributed by atoms with van der Waals surface area (Å²) in [6.45, 7) is 5.94. The normalized spacial score (nSPS) is 15.5. The summed E-state index contributed by atoms with van der Waals surface area (Å²) >= 11 is 0. The Labute approximate surface area is 85.4 Å². The zero-order chi connectivity index (χ0) is 10.6. The third-order valence-corrected chi connectivity index (χ3v) is 2.42. The van der Waals surface area contributed by atoms with E-state index in [0.29, 0.717) is 24.5 Å². The van der Waals surface area contributed by atoms with Gasteiger partial charge in [0.2, 0.25) is 0 Å². The topological polar surface area (TPSA) is 12.9 Å². The molecule has 0 bridgehead atoms. The van der Waals surface area contributed by atoms with Gasteiger partial charge in [0.1, 0.15) is 0 Å². The van der Waals surface area contributed by atoms with Gasteiger partial charge in [-0.3, -0.25) is 4.98 Å². The van der Waals surface area contributed by atoms with Crippen molar-refractivity contribution in [3.63, 3.8) is 0 Å². The van der Waals surface area contributed by atoms with E-state index in [2.05, 4.69) is 4.98 Å². The Morgan fingerprint density at radius 2 is 2.14 bits per heavy atom. The van der Waals surface area contributed by atoms with Crippen molar-refractivity contribution < 1.29 is 4.39 Å². The molecule has 78 valence electrons. The van der Waals surface area contributed by atoms with Crippen LogP contribution in [-0.4, -0.2) is 4.98 Å². The number of aromatic nitrogens is 1. The summed E-state index contributed by atoms with van der Waals surface area (Å²) in [7, 11) is 0. The number of rotatable bonds is 4. The third kappa shape index (κ3) is 2.53. The fourth-order valence-corrected chi connectivity index (χ4v) is 1.70. The fourth-order valence-electron chi connectivity index (χ4n) is 1.70. The SMILES string of the molecule is CCC(F)(CC(C)C)c1ccccn1. The molecule has 0 aliphatic rings. The van der Waals surface area contributed by atoms with Gasteiger partial charge in [0, 0.05) is 6.20 Å². The van der Waals surface area contributed by atoms with E-state index in [0.717, 1.165) is 0 Å². The van der Waals surface area contributed by atoms with Gasteiger partial charge in [-0.2, -0.15) is 0 Å². The number of nitrogens with zero attached hydrogens (tertiary/aromatic N) is 1. The van der Waals surface area contributed by atoms with Crippen LogP contribution >= 0.6 is 0 Å². The average Bonchev–Trinajstić information content (AvgIpc) is 2.18. The Morgan fingerprint density at radius 1 is 1.43 bits per heavy atom. The summed E-state index contributed by atoms with van der Waals surface area (Å²) in [5.74, 6) is 0.349. The standard InChI is InChI=1S/C12H18FN/c1-4-12(13,9-10(2)3)11-7-5-6-8-14-11/h5-8,10H,4,9H2,1-3H3. The molecular formula is C12H18FN. The molecule has 1 heterocycles. The highest BCUT2D eigenvalue weighted by atomic mass is 19.1. The molecule has 0 saturated carbocycles. The van der Waals surface area contributed by atoms with Crippen molar-refractivity contribution in [2.24, 2.45) is 5.92 Å². The van der Waals surface area contributed by atoms with Crippen LogP contribution in [0.3, 0.4) is 0 Å². The number of hydrogen-bond acceptors (Lipinski definition) is 1. The van der Waals surface area contributed by atoms with Crippen molar-refractivity contribution in [2.75, 3.05) is 0 Å². The van der Waals surface area contributed by atoms with Crippen molar-refractivity contribution in [1.29, 1.82) is 0 Å². The van der Waals surface area contributed by atoms with Crippen LogP contribution in [0.5, 0.6) is 0 Å².